The van der Waals surface area contributed by atoms with Crippen molar-refractivity contribution in [2.24, 2.45) is 11.7 Å². The first-order valence-electron chi connectivity index (χ1n) is 7.24. The number of nitrogens with zero attached hydrogens (tertiary/aromatic N) is 2. The number of anilines is 1. The van der Waals surface area contributed by atoms with Crippen LogP contribution in [0.15, 0.2) is 18.3 Å². The summed E-state index contributed by atoms with van der Waals surface area (Å²) in [5.74, 6) is 0.382. The van der Waals surface area contributed by atoms with Gasteiger partial charge in [0.2, 0.25) is 0 Å². The third-order valence-electron chi connectivity index (χ3n) is 3.43. The van der Waals surface area contributed by atoms with Crippen LogP contribution in [-0.2, 0) is 0 Å². The lowest BCUT2D eigenvalue weighted by Crippen LogP contribution is -2.34. The molecule has 0 aliphatic carbocycles. The lowest BCUT2D eigenvalue weighted by Gasteiger charge is -2.19. The molecule has 1 atom stereocenters. The Morgan fingerprint density at radius 1 is 1.40 bits per heavy atom. The Bertz CT molecular complexity index is 430. The van der Waals surface area contributed by atoms with Gasteiger partial charge in [0, 0.05) is 37.6 Å². The molecule has 1 aromatic rings. The summed E-state index contributed by atoms with van der Waals surface area (Å²) in [4.78, 5) is 18.1. The quantitative estimate of drug-likeness (QED) is 0.800. The summed E-state index contributed by atoms with van der Waals surface area (Å²) in [7, 11) is 0. The van der Waals surface area contributed by atoms with Gasteiger partial charge >= 0.3 is 0 Å². The SMILES string of the molecule is CCN(CC)C(=O)c1cc(NCC(N)C(C)C)ccn1. The summed E-state index contributed by atoms with van der Waals surface area (Å²) in [6.45, 7) is 10.2. The van der Waals surface area contributed by atoms with Crippen molar-refractivity contribution in [1.29, 1.82) is 0 Å². The van der Waals surface area contributed by atoms with Gasteiger partial charge in [-0.15, -0.1) is 0 Å². The molecule has 20 heavy (non-hydrogen) atoms. The number of carbonyl (C=O) groups excluding carboxylic acids is 1. The molecule has 1 aromatic heterocycles. The van der Waals surface area contributed by atoms with Gasteiger partial charge in [0.25, 0.3) is 5.91 Å². The van der Waals surface area contributed by atoms with Gasteiger partial charge in [-0.05, 0) is 31.9 Å². The summed E-state index contributed by atoms with van der Waals surface area (Å²) in [5.41, 5.74) is 7.35. The van der Waals surface area contributed by atoms with Gasteiger partial charge < -0.3 is 16.0 Å². The maximum atomic E-state index is 12.2. The molecule has 1 heterocycles. The Balaban J connectivity index is 2.73. The zero-order valence-electron chi connectivity index (χ0n) is 12.9. The molecule has 0 aliphatic heterocycles. The second-order valence-corrected chi connectivity index (χ2v) is 5.20. The number of rotatable bonds is 7. The highest BCUT2D eigenvalue weighted by Crippen LogP contribution is 2.11. The molecular formula is C15H26N4O. The van der Waals surface area contributed by atoms with Crippen molar-refractivity contribution in [3.63, 3.8) is 0 Å². The van der Waals surface area contributed by atoms with E-state index in [0.717, 1.165) is 5.69 Å². The average Bonchev–Trinajstić information content (AvgIpc) is 2.46. The van der Waals surface area contributed by atoms with Crippen molar-refractivity contribution in [3.05, 3.63) is 24.0 Å². The molecule has 5 heteroatoms. The molecule has 1 rings (SSSR count). The van der Waals surface area contributed by atoms with E-state index in [-0.39, 0.29) is 11.9 Å². The predicted octanol–water partition coefficient (Wildman–Crippen LogP) is 1.96. The monoisotopic (exact) mass is 278 g/mol. The molecule has 0 saturated heterocycles. The fourth-order valence-corrected chi connectivity index (χ4v) is 1.80. The van der Waals surface area contributed by atoms with Crippen LogP contribution in [0.4, 0.5) is 5.69 Å². The van der Waals surface area contributed by atoms with E-state index in [2.05, 4.69) is 24.1 Å². The molecule has 5 nitrogen and oxygen atoms in total. The third-order valence-corrected chi connectivity index (χ3v) is 3.43. The number of amides is 1. The summed E-state index contributed by atoms with van der Waals surface area (Å²) < 4.78 is 0. The fraction of sp³-hybridized carbons (Fsp3) is 0.600. The predicted molar refractivity (Wildman–Crippen MR) is 82.8 cm³/mol. The Kier molecular flexibility index (Phi) is 6.45. The van der Waals surface area contributed by atoms with Gasteiger partial charge in [-0.25, -0.2) is 0 Å². The molecule has 1 unspecified atom stereocenters. The summed E-state index contributed by atoms with van der Waals surface area (Å²) in [5, 5.41) is 3.26. The van der Waals surface area contributed by atoms with E-state index in [0.29, 0.717) is 31.2 Å². The lowest BCUT2D eigenvalue weighted by atomic mass is 10.1. The van der Waals surface area contributed by atoms with E-state index < -0.39 is 0 Å². The van der Waals surface area contributed by atoms with E-state index in [9.17, 15) is 4.79 Å². The summed E-state index contributed by atoms with van der Waals surface area (Å²) in [6, 6.07) is 3.73. The Morgan fingerprint density at radius 2 is 2.05 bits per heavy atom. The molecule has 0 fully saturated rings. The molecule has 0 spiro atoms. The molecule has 1 amide bonds. The zero-order valence-corrected chi connectivity index (χ0v) is 12.9. The van der Waals surface area contributed by atoms with Gasteiger partial charge in [-0.3, -0.25) is 9.78 Å². The molecule has 112 valence electrons. The second-order valence-electron chi connectivity index (χ2n) is 5.20. The first-order valence-corrected chi connectivity index (χ1v) is 7.24. The number of hydrogen-bond donors (Lipinski definition) is 2. The van der Waals surface area contributed by atoms with Crippen LogP contribution in [0.2, 0.25) is 0 Å². The number of aromatic nitrogens is 1. The second kappa shape index (κ2) is 7.85. The highest BCUT2D eigenvalue weighted by Gasteiger charge is 2.14. The standard InChI is InChI=1S/C15H26N4O/c1-5-19(6-2)15(20)14-9-12(7-8-17-14)18-10-13(16)11(3)4/h7-9,11,13H,5-6,10,16H2,1-4H3,(H,17,18). The van der Waals surface area contributed by atoms with Crippen molar-refractivity contribution in [2.75, 3.05) is 25.0 Å². The largest absolute Gasteiger partial charge is 0.383 e. The Labute approximate surface area is 121 Å². The summed E-state index contributed by atoms with van der Waals surface area (Å²) in [6.07, 6.45) is 1.65. The average molecular weight is 278 g/mol. The lowest BCUT2D eigenvalue weighted by molar-refractivity contribution is 0.0767. The molecule has 0 radical (unpaired) electrons. The van der Waals surface area contributed by atoms with Crippen LogP contribution in [0.1, 0.15) is 38.2 Å². The van der Waals surface area contributed by atoms with Gasteiger partial charge in [-0.1, -0.05) is 13.8 Å². The Hall–Kier alpha value is -1.62. The molecule has 0 aliphatic rings. The molecule has 0 saturated carbocycles. The van der Waals surface area contributed by atoms with Crippen molar-refractivity contribution >= 4 is 11.6 Å². The van der Waals surface area contributed by atoms with Crippen molar-refractivity contribution in [2.45, 2.75) is 33.7 Å². The van der Waals surface area contributed by atoms with Crippen molar-refractivity contribution < 1.29 is 4.79 Å². The van der Waals surface area contributed by atoms with Crippen molar-refractivity contribution in [3.8, 4) is 0 Å². The zero-order chi connectivity index (χ0) is 15.1. The van der Waals surface area contributed by atoms with E-state index >= 15 is 0 Å². The minimum atomic E-state index is -0.0354. The van der Waals surface area contributed by atoms with Crippen LogP contribution in [-0.4, -0.2) is 41.5 Å². The van der Waals surface area contributed by atoms with Gasteiger partial charge in [0.15, 0.2) is 0 Å². The number of nitrogens with two attached hydrogens (primary N) is 1. The topological polar surface area (TPSA) is 71.2 Å². The fourth-order valence-electron chi connectivity index (χ4n) is 1.80. The first-order chi connectivity index (χ1) is 9.49. The van der Waals surface area contributed by atoms with Crippen LogP contribution < -0.4 is 11.1 Å². The van der Waals surface area contributed by atoms with Crippen LogP contribution in [0.3, 0.4) is 0 Å². The normalized spacial score (nSPS) is 12.3. The highest BCUT2D eigenvalue weighted by molar-refractivity contribution is 5.93. The minimum absolute atomic E-state index is 0.0354. The van der Waals surface area contributed by atoms with Crippen LogP contribution in [0.25, 0.3) is 0 Å². The number of hydrogen-bond acceptors (Lipinski definition) is 4. The van der Waals surface area contributed by atoms with Gasteiger partial charge in [0.1, 0.15) is 5.69 Å². The van der Waals surface area contributed by atoms with E-state index in [1.54, 1.807) is 17.2 Å². The van der Waals surface area contributed by atoms with Crippen LogP contribution in [0.5, 0.6) is 0 Å². The van der Waals surface area contributed by atoms with Gasteiger partial charge in [-0.2, -0.15) is 0 Å². The number of pyridine rings is 1. The molecular weight excluding hydrogens is 252 g/mol. The summed E-state index contributed by atoms with van der Waals surface area (Å²) >= 11 is 0. The van der Waals surface area contributed by atoms with E-state index in [4.69, 9.17) is 5.73 Å². The first kappa shape index (κ1) is 16.4. The van der Waals surface area contributed by atoms with Gasteiger partial charge in [0.05, 0.1) is 0 Å². The smallest absolute Gasteiger partial charge is 0.272 e. The van der Waals surface area contributed by atoms with Crippen LogP contribution in [0, 0.1) is 5.92 Å². The molecule has 0 bridgehead atoms. The molecule has 3 N–H and O–H groups in total. The third kappa shape index (κ3) is 4.49. The van der Waals surface area contributed by atoms with E-state index in [1.807, 2.05) is 19.9 Å². The van der Waals surface area contributed by atoms with E-state index in [1.165, 1.54) is 0 Å². The number of nitrogens with one attached hydrogen (secondary N) is 1. The number of carbonyl (C=O) groups is 1. The molecule has 0 aromatic carbocycles. The maximum absolute atomic E-state index is 12.2. The minimum Gasteiger partial charge on any atom is -0.383 e. The van der Waals surface area contributed by atoms with Crippen molar-refractivity contribution in [1.82, 2.24) is 9.88 Å². The van der Waals surface area contributed by atoms with Crippen LogP contribution >= 0.6 is 0 Å². The highest BCUT2D eigenvalue weighted by atomic mass is 16.2. The Morgan fingerprint density at radius 3 is 2.60 bits per heavy atom. The maximum Gasteiger partial charge on any atom is 0.272 e.